The summed E-state index contributed by atoms with van der Waals surface area (Å²) in [7, 11) is 1.91. The normalized spacial score (nSPS) is 11.0. The summed E-state index contributed by atoms with van der Waals surface area (Å²) in [6.45, 7) is 5.82. The van der Waals surface area contributed by atoms with Crippen LogP contribution in [0.2, 0.25) is 0 Å². The molecule has 2 aromatic rings. The van der Waals surface area contributed by atoms with Crippen LogP contribution in [0.3, 0.4) is 0 Å². The molecule has 2 rings (SSSR count). The third-order valence-corrected chi connectivity index (χ3v) is 2.60. The van der Waals surface area contributed by atoms with E-state index in [0.29, 0.717) is 0 Å². The van der Waals surface area contributed by atoms with Gasteiger partial charge in [-0.3, -0.25) is 4.68 Å². The van der Waals surface area contributed by atoms with Crippen LogP contribution in [-0.4, -0.2) is 21.3 Å². The van der Waals surface area contributed by atoms with Crippen molar-refractivity contribution in [3.05, 3.63) is 23.8 Å². The highest BCUT2D eigenvalue weighted by Crippen LogP contribution is 2.23. The smallest absolute Gasteiger partial charge is 0.181 e. The van der Waals surface area contributed by atoms with Crippen LogP contribution in [0.5, 0.6) is 0 Å². The lowest BCUT2D eigenvalue weighted by Crippen LogP contribution is -2.14. The van der Waals surface area contributed by atoms with Crippen LogP contribution >= 0.6 is 0 Å². The van der Waals surface area contributed by atoms with Crippen molar-refractivity contribution < 1.29 is 4.42 Å². The van der Waals surface area contributed by atoms with E-state index in [1.807, 2.05) is 24.7 Å². The van der Waals surface area contributed by atoms with Crippen LogP contribution in [0.25, 0.3) is 11.5 Å². The van der Waals surface area contributed by atoms with E-state index in [9.17, 15) is 0 Å². The van der Waals surface area contributed by atoms with E-state index < -0.39 is 0 Å². The Hall–Kier alpha value is -1.62. The maximum atomic E-state index is 5.46. The molecule has 0 unspecified atom stereocenters. The van der Waals surface area contributed by atoms with E-state index in [-0.39, 0.29) is 0 Å². The largest absolute Gasteiger partial charge is 0.442 e. The second kappa shape index (κ2) is 5.14. The summed E-state index contributed by atoms with van der Waals surface area (Å²) in [5.74, 6) is 0.803. The van der Waals surface area contributed by atoms with Crippen molar-refractivity contribution in [3.8, 4) is 11.5 Å². The van der Waals surface area contributed by atoms with Gasteiger partial charge in [0.15, 0.2) is 12.2 Å². The van der Waals surface area contributed by atoms with Gasteiger partial charge in [-0.15, -0.1) is 0 Å². The molecule has 0 amide bonds. The molecule has 0 saturated heterocycles. The molecule has 92 valence electrons. The van der Waals surface area contributed by atoms with Crippen molar-refractivity contribution >= 4 is 0 Å². The average molecular weight is 234 g/mol. The van der Waals surface area contributed by atoms with Gasteiger partial charge in [-0.1, -0.05) is 6.92 Å². The zero-order chi connectivity index (χ0) is 12.3. The highest BCUT2D eigenvalue weighted by molar-refractivity contribution is 5.55. The molecule has 5 nitrogen and oxygen atoms in total. The van der Waals surface area contributed by atoms with E-state index >= 15 is 0 Å². The topological polar surface area (TPSA) is 55.9 Å². The van der Waals surface area contributed by atoms with E-state index in [1.165, 1.54) is 6.39 Å². The van der Waals surface area contributed by atoms with Gasteiger partial charge < -0.3 is 9.73 Å². The predicted octanol–water partition coefficient (Wildman–Crippen LogP) is 1.88. The maximum Gasteiger partial charge on any atom is 0.181 e. The van der Waals surface area contributed by atoms with E-state index in [4.69, 9.17) is 4.42 Å². The quantitative estimate of drug-likeness (QED) is 0.803. The van der Waals surface area contributed by atoms with Gasteiger partial charge >= 0.3 is 0 Å². The molecule has 0 atom stereocenters. The highest BCUT2D eigenvalue weighted by Gasteiger charge is 2.14. The first kappa shape index (κ1) is 11.9. The molecule has 0 radical (unpaired) electrons. The molecule has 2 aromatic heterocycles. The highest BCUT2D eigenvalue weighted by atomic mass is 16.3. The first-order valence-corrected chi connectivity index (χ1v) is 5.86. The van der Waals surface area contributed by atoms with Crippen LogP contribution in [-0.2, 0) is 13.6 Å². The van der Waals surface area contributed by atoms with Gasteiger partial charge in [-0.25, -0.2) is 4.98 Å². The third kappa shape index (κ3) is 2.55. The number of oxazole rings is 1. The summed E-state index contributed by atoms with van der Waals surface area (Å²) in [4.78, 5) is 4.24. The van der Waals surface area contributed by atoms with Gasteiger partial charge in [-0.05, 0) is 26.0 Å². The van der Waals surface area contributed by atoms with Gasteiger partial charge in [0, 0.05) is 13.6 Å². The Labute approximate surface area is 101 Å². The lowest BCUT2D eigenvalue weighted by Gasteiger charge is -2.02. The monoisotopic (exact) mass is 234 g/mol. The molecule has 0 spiro atoms. The lowest BCUT2D eigenvalue weighted by molar-refractivity contribution is 0.561. The minimum absolute atomic E-state index is 0.726. The fourth-order valence-electron chi connectivity index (χ4n) is 1.81. The Balaban J connectivity index is 2.21. The number of aromatic nitrogens is 3. The van der Waals surface area contributed by atoms with Crippen molar-refractivity contribution in [1.29, 1.82) is 0 Å². The number of aryl methyl sites for hydroxylation is 2. The number of hydrogen-bond acceptors (Lipinski definition) is 4. The summed E-state index contributed by atoms with van der Waals surface area (Å²) in [5, 5.41) is 7.63. The zero-order valence-corrected chi connectivity index (χ0v) is 10.5. The molecule has 0 aliphatic heterocycles. The first-order chi connectivity index (χ1) is 8.22. The molecule has 1 N–H and O–H groups in total. The number of nitrogens with zero attached hydrogens (tertiary/aromatic N) is 3. The molecule has 2 heterocycles. The molecular weight excluding hydrogens is 216 g/mol. The Morgan fingerprint density at radius 2 is 2.29 bits per heavy atom. The lowest BCUT2D eigenvalue weighted by atomic mass is 10.2. The van der Waals surface area contributed by atoms with E-state index in [0.717, 1.165) is 42.4 Å². The van der Waals surface area contributed by atoms with Crippen molar-refractivity contribution in [2.45, 2.75) is 26.8 Å². The van der Waals surface area contributed by atoms with Crippen LogP contribution in [0.4, 0.5) is 0 Å². The molecule has 0 saturated carbocycles. The fraction of sp³-hybridized carbons (Fsp3) is 0.500. The van der Waals surface area contributed by atoms with E-state index in [1.54, 1.807) is 0 Å². The molecule has 0 aliphatic rings. The second-order valence-corrected chi connectivity index (χ2v) is 4.10. The van der Waals surface area contributed by atoms with Gasteiger partial charge in [0.2, 0.25) is 0 Å². The Kier molecular flexibility index (Phi) is 3.58. The SMILES string of the molecule is CCCNCc1ncoc1-c1cc(C)nn1C. The zero-order valence-electron chi connectivity index (χ0n) is 10.5. The van der Waals surface area contributed by atoms with Gasteiger partial charge in [0.05, 0.1) is 5.69 Å². The number of hydrogen-bond donors (Lipinski definition) is 1. The Morgan fingerprint density at radius 1 is 1.47 bits per heavy atom. The molecule has 0 aliphatic carbocycles. The Morgan fingerprint density at radius 3 is 2.94 bits per heavy atom. The van der Waals surface area contributed by atoms with Gasteiger partial charge in [-0.2, -0.15) is 5.10 Å². The predicted molar refractivity (Wildman–Crippen MR) is 65.4 cm³/mol. The van der Waals surface area contributed by atoms with Crippen molar-refractivity contribution in [3.63, 3.8) is 0 Å². The van der Waals surface area contributed by atoms with Crippen molar-refractivity contribution in [2.75, 3.05) is 6.54 Å². The van der Waals surface area contributed by atoms with Gasteiger partial charge in [0.1, 0.15) is 11.4 Å². The standard InChI is InChI=1S/C12H18N4O/c1-4-5-13-7-10-12(17-8-14-10)11-6-9(2)15-16(11)3/h6,8,13H,4-5,7H2,1-3H3. The minimum Gasteiger partial charge on any atom is -0.442 e. The Bertz CT molecular complexity index is 486. The maximum absolute atomic E-state index is 5.46. The fourth-order valence-corrected chi connectivity index (χ4v) is 1.81. The average Bonchev–Trinajstić information content (AvgIpc) is 2.85. The minimum atomic E-state index is 0.726. The summed E-state index contributed by atoms with van der Waals surface area (Å²) < 4.78 is 7.28. The summed E-state index contributed by atoms with van der Waals surface area (Å²) in [6.07, 6.45) is 2.60. The molecule has 0 aromatic carbocycles. The summed E-state index contributed by atoms with van der Waals surface area (Å²) >= 11 is 0. The van der Waals surface area contributed by atoms with Crippen molar-refractivity contribution in [1.82, 2.24) is 20.1 Å². The molecule has 5 heteroatoms. The van der Waals surface area contributed by atoms with E-state index in [2.05, 4.69) is 22.3 Å². The molecule has 17 heavy (non-hydrogen) atoms. The first-order valence-electron chi connectivity index (χ1n) is 5.86. The molecule has 0 bridgehead atoms. The number of nitrogens with one attached hydrogen (secondary N) is 1. The summed E-state index contributed by atoms with van der Waals surface area (Å²) in [6, 6.07) is 2.00. The third-order valence-electron chi connectivity index (χ3n) is 2.60. The number of rotatable bonds is 5. The van der Waals surface area contributed by atoms with Crippen LogP contribution in [0, 0.1) is 6.92 Å². The van der Waals surface area contributed by atoms with Crippen molar-refractivity contribution in [2.24, 2.45) is 7.05 Å². The molecular formula is C12H18N4O. The molecule has 0 fully saturated rings. The van der Waals surface area contributed by atoms with Crippen LogP contribution < -0.4 is 5.32 Å². The summed E-state index contributed by atoms with van der Waals surface area (Å²) in [5.41, 5.74) is 2.88. The van der Waals surface area contributed by atoms with Crippen LogP contribution in [0.15, 0.2) is 16.9 Å². The van der Waals surface area contributed by atoms with Gasteiger partial charge in [0.25, 0.3) is 0 Å². The van der Waals surface area contributed by atoms with Crippen LogP contribution in [0.1, 0.15) is 24.7 Å². The second-order valence-electron chi connectivity index (χ2n) is 4.10.